The predicted octanol–water partition coefficient (Wildman–Crippen LogP) is 6.15. The fourth-order valence-corrected chi connectivity index (χ4v) is 2.91. The van der Waals surface area contributed by atoms with E-state index < -0.39 is 11.7 Å². The molecule has 0 aliphatic rings. The van der Waals surface area contributed by atoms with Gasteiger partial charge in [0.25, 0.3) is 0 Å². The highest BCUT2D eigenvalue weighted by Gasteiger charge is 2.33. The molecule has 2 aromatic carbocycles. The number of rotatable bonds is 2. The molecule has 0 aliphatic heterocycles. The SMILES string of the molecule is CC(C)(C)c1ccc(Sc2ccccc2C(F)(F)F)cc1. The van der Waals surface area contributed by atoms with Crippen LogP contribution in [0.1, 0.15) is 31.9 Å². The molecular formula is C17H17F3S. The Labute approximate surface area is 127 Å². The minimum Gasteiger partial charge on any atom is -0.166 e. The van der Waals surface area contributed by atoms with E-state index in [-0.39, 0.29) is 10.3 Å². The van der Waals surface area contributed by atoms with Gasteiger partial charge in [0.1, 0.15) is 0 Å². The average molecular weight is 310 g/mol. The predicted molar refractivity (Wildman–Crippen MR) is 80.7 cm³/mol. The van der Waals surface area contributed by atoms with E-state index in [0.717, 1.165) is 28.3 Å². The Bertz CT molecular complexity index is 607. The smallest absolute Gasteiger partial charge is 0.166 e. The van der Waals surface area contributed by atoms with Crippen LogP contribution >= 0.6 is 11.8 Å². The van der Waals surface area contributed by atoms with Crippen molar-refractivity contribution in [3.8, 4) is 0 Å². The summed E-state index contributed by atoms with van der Waals surface area (Å²) in [4.78, 5) is 1.04. The van der Waals surface area contributed by atoms with Gasteiger partial charge in [0.15, 0.2) is 0 Å². The summed E-state index contributed by atoms with van der Waals surface area (Å²) in [6.07, 6.45) is -4.32. The highest BCUT2D eigenvalue weighted by molar-refractivity contribution is 7.99. The topological polar surface area (TPSA) is 0 Å². The number of hydrogen-bond acceptors (Lipinski definition) is 1. The molecule has 0 N–H and O–H groups in total. The standard InChI is InChI=1S/C17H17F3S/c1-16(2,3)12-8-10-13(11-9-12)21-15-7-5-4-6-14(15)17(18,19)20/h4-11H,1-3H3. The van der Waals surface area contributed by atoms with Crippen LogP contribution in [0.4, 0.5) is 13.2 Å². The Morgan fingerprint density at radius 2 is 1.38 bits per heavy atom. The molecule has 0 aliphatic carbocycles. The van der Waals surface area contributed by atoms with Crippen molar-refractivity contribution >= 4 is 11.8 Å². The van der Waals surface area contributed by atoms with Crippen molar-refractivity contribution in [2.24, 2.45) is 0 Å². The van der Waals surface area contributed by atoms with Crippen molar-refractivity contribution in [2.45, 2.75) is 42.2 Å². The van der Waals surface area contributed by atoms with Crippen LogP contribution < -0.4 is 0 Å². The molecule has 0 saturated heterocycles. The van der Waals surface area contributed by atoms with Crippen LogP contribution in [0.2, 0.25) is 0 Å². The zero-order chi connectivity index (χ0) is 15.7. The summed E-state index contributed by atoms with van der Waals surface area (Å²) in [5.41, 5.74) is 0.610. The first kappa shape index (κ1) is 16.0. The normalized spacial score (nSPS) is 12.5. The van der Waals surface area contributed by atoms with Gasteiger partial charge in [0.05, 0.1) is 5.56 Å². The van der Waals surface area contributed by atoms with Gasteiger partial charge in [-0.15, -0.1) is 0 Å². The molecule has 0 heterocycles. The molecule has 0 bridgehead atoms. The lowest BCUT2D eigenvalue weighted by molar-refractivity contribution is -0.139. The summed E-state index contributed by atoms with van der Waals surface area (Å²) in [6, 6.07) is 13.3. The molecule has 0 radical (unpaired) electrons. The van der Waals surface area contributed by atoms with Gasteiger partial charge in [-0.3, -0.25) is 0 Å². The Kier molecular flexibility index (Phi) is 4.38. The fraction of sp³-hybridized carbons (Fsp3) is 0.294. The average Bonchev–Trinajstić information content (AvgIpc) is 2.37. The summed E-state index contributed by atoms with van der Waals surface area (Å²) in [5, 5.41) is 0. The monoisotopic (exact) mass is 310 g/mol. The third-order valence-electron chi connectivity index (χ3n) is 3.14. The molecule has 0 saturated carbocycles. The lowest BCUT2D eigenvalue weighted by atomic mass is 9.87. The molecule has 0 atom stereocenters. The maximum atomic E-state index is 13.0. The van der Waals surface area contributed by atoms with Crippen molar-refractivity contribution in [2.75, 3.05) is 0 Å². The zero-order valence-electron chi connectivity index (χ0n) is 12.2. The Morgan fingerprint density at radius 1 is 0.810 bits per heavy atom. The van der Waals surface area contributed by atoms with Crippen LogP contribution in [0.5, 0.6) is 0 Å². The largest absolute Gasteiger partial charge is 0.417 e. The number of alkyl halides is 3. The lowest BCUT2D eigenvalue weighted by Crippen LogP contribution is -2.10. The van der Waals surface area contributed by atoms with Gasteiger partial charge in [-0.05, 0) is 35.2 Å². The third kappa shape index (κ3) is 4.03. The van der Waals surface area contributed by atoms with Crippen LogP contribution in [0.3, 0.4) is 0 Å². The van der Waals surface area contributed by atoms with E-state index in [0.29, 0.717) is 0 Å². The van der Waals surface area contributed by atoms with E-state index >= 15 is 0 Å². The van der Waals surface area contributed by atoms with Crippen LogP contribution in [-0.2, 0) is 11.6 Å². The second kappa shape index (κ2) is 5.76. The highest BCUT2D eigenvalue weighted by Crippen LogP contribution is 2.39. The van der Waals surface area contributed by atoms with E-state index in [1.54, 1.807) is 6.07 Å². The van der Waals surface area contributed by atoms with Crippen LogP contribution in [0, 0.1) is 0 Å². The van der Waals surface area contributed by atoms with Gasteiger partial charge < -0.3 is 0 Å². The highest BCUT2D eigenvalue weighted by atomic mass is 32.2. The van der Waals surface area contributed by atoms with Gasteiger partial charge >= 0.3 is 6.18 Å². The van der Waals surface area contributed by atoms with Crippen molar-refractivity contribution in [1.82, 2.24) is 0 Å². The Morgan fingerprint density at radius 3 is 1.90 bits per heavy atom. The maximum absolute atomic E-state index is 13.0. The van der Waals surface area contributed by atoms with Gasteiger partial charge in [-0.1, -0.05) is 56.8 Å². The number of benzene rings is 2. The quantitative estimate of drug-likeness (QED) is 0.640. The summed E-state index contributed by atoms with van der Waals surface area (Å²) in [7, 11) is 0. The zero-order valence-corrected chi connectivity index (χ0v) is 13.0. The minimum atomic E-state index is -4.32. The first-order valence-electron chi connectivity index (χ1n) is 6.62. The first-order chi connectivity index (χ1) is 9.68. The first-order valence-corrected chi connectivity index (χ1v) is 7.44. The molecule has 0 fully saturated rings. The molecule has 0 spiro atoms. The molecule has 4 heteroatoms. The minimum absolute atomic E-state index is 0.0348. The molecule has 0 unspecified atom stereocenters. The second-order valence-electron chi connectivity index (χ2n) is 5.87. The molecule has 21 heavy (non-hydrogen) atoms. The molecule has 2 aromatic rings. The van der Waals surface area contributed by atoms with E-state index in [1.165, 1.54) is 12.1 Å². The molecule has 2 rings (SSSR count). The van der Waals surface area contributed by atoms with Crippen LogP contribution in [-0.4, -0.2) is 0 Å². The molecule has 0 nitrogen and oxygen atoms in total. The van der Waals surface area contributed by atoms with E-state index in [9.17, 15) is 13.2 Å². The van der Waals surface area contributed by atoms with Gasteiger partial charge in [0.2, 0.25) is 0 Å². The molecule has 0 amide bonds. The van der Waals surface area contributed by atoms with Crippen molar-refractivity contribution in [1.29, 1.82) is 0 Å². The fourth-order valence-electron chi connectivity index (χ4n) is 1.94. The van der Waals surface area contributed by atoms with Crippen LogP contribution in [0.15, 0.2) is 58.3 Å². The van der Waals surface area contributed by atoms with E-state index in [2.05, 4.69) is 20.8 Å². The second-order valence-corrected chi connectivity index (χ2v) is 6.99. The van der Waals surface area contributed by atoms with Gasteiger partial charge in [-0.25, -0.2) is 0 Å². The van der Waals surface area contributed by atoms with Crippen molar-refractivity contribution in [3.05, 3.63) is 59.7 Å². The van der Waals surface area contributed by atoms with Crippen LogP contribution in [0.25, 0.3) is 0 Å². The summed E-state index contributed by atoms with van der Waals surface area (Å²) < 4.78 is 38.9. The van der Waals surface area contributed by atoms with E-state index in [1.807, 2.05) is 24.3 Å². The lowest BCUT2D eigenvalue weighted by Gasteiger charge is -2.19. The number of hydrogen-bond donors (Lipinski definition) is 0. The maximum Gasteiger partial charge on any atom is 0.417 e. The number of halogens is 3. The molecule has 112 valence electrons. The molecular weight excluding hydrogens is 293 g/mol. The van der Waals surface area contributed by atoms with Crippen molar-refractivity contribution < 1.29 is 13.2 Å². The Hall–Kier alpha value is -1.42. The van der Waals surface area contributed by atoms with E-state index in [4.69, 9.17) is 0 Å². The van der Waals surface area contributed by atoms with Gasteiger partial charge in [0, 0.05) is 9.79 Å². The Balaban J connectivity index is 2.27. The van der Waals surface area contributed by atoms with Crippen molar-refractivity contribution in [3.63, 3.8) is 0 Å². The summed E-state index contributed by atoms with van der Waals surface area (Å²) in [5.74, 6) is 0. The van der Waals surface area contributed by atoms with Gasteiger partial charge in [-0.2, -0.15) is 13.2 Å². The summed E-state index contributed by atoms with van der Waals surface area (Å²) in [6.45, 7) is 6.32. The molecule has 0 aromatic heterocycles. The summed E-state index contributed by atoms with van der Waals surface area (Å²) >= 11 is 1.14. The third-order valence-corrected chi connectivity index (χ3v) is 4.22.